The number of pyridine rings is 1. The summed E-state index contributed by atoms with van der Waals surface area (Å²) in [4.78, 5) is 22.3. The van der Waals surface area contributed by atoms with Gasteiger partial charge in [-0.3, -0.25) is 9.97 Å². The van der Waals surface area contributed by atoms with E-state index in [0.29, 0.717) is 0 Å². The second-order valence-electron chi connectivity index (χ2n) is 8.74. The number of piperidine rings is 1. The number of hydrogen-bond donors (Lipinski definition) is 1. The van der Waals surface area contributed by atoms with Gasteiger partial charge in [0.25, 0.3) is 0 Å². The Morgan fingerprint density at radius 3 is 2.93 bits per heavy atom. The fraction of sp³-hybridized carbons (Fsp3) is 0.476. The van der Waals surface area contributed by atoms with E-state index in [2.05, 4.69) is 40.7 Å². The molecule has 1 fully saturated rings. The minimum atomic E-state index is -0.178. The van der Waals surface area contributed by atoms with Crippen molar-refractivity contribution in [2.45, 2.75) is 39.5 Å². The first-order valence-electron chi connectivity index (χ1n) is 9.65. The summed E-state index contributed by atoms with van der Waals surface area (Å²) in [7, 11) is 0. The lowest BCUT2D eigenvalue weighted by atomic mass is 9.92. The predicted molar refractivity (Wildman–Crippen MR) is 107 cm³/mol. The van der Waals surface area contributed by atoms with Crippen LogP contribution in [0.25, 0.3) is 16.5 Å². The van der Waals surface area contributed by atoms with Gasteiger partial charge in [0.2, 0.25) is 0 Å². The van der Waals surface area contributed by atoms with Crippen molar-refractivity contribution in [2.75, 3.05) is 19.6 Å². The number of nitrogens with one attached hydrogen (secondary N) is 1. The molecular formula is C21H27N5O. The second kappa shape index (κ2) is 6.93. The molecule has 1 atom stereocenters. The third-order valence-electron chi connectivity index (χ3n) is 5.11. The zero-order chi connectivity index (χ0) is 19.0. The Kier molecular flexibility index (Phi) is 4.60. The van der Waals surface area contributed by atoms with Crippen LogP contribution in [-0.2, 0) is 0 Å². The van der Waals surface area contributed by atoms with E-state index in [-0.39, 0.29) is 17.0 Å². The number of benzene rings is 1. The highest BCUT2D eigenvalue weighted by molar-refractivity contribution is 5.89. The molecule has 0 radical (unpaired) electrons. The van der Waals surface area contributed by atoms with Gasteiger partial charge in [0, 0.05) is 42.2 Å². The van der Waals surface area contributed by atoms with E-state index in [4.69, 9.17) is 0 Å². The van der Waals surface area contributed by atoms with Crippen LogP contribution in [0.4, 0.5) is 0 Å². The molecular weight excluding hydrogens is 338 g/mol. The molecule has 0 spiro atoms. The van der Waals surface area contributed by atoms with Gasteiger partial charge in [-0.2, -0.15) is 4.68 Å². The molecule has 142 valence electrons. The maximum absolute atomic E-state index is 12.7. The molecule has 0 amide bonds. The Hall–Kier alpha value is -2.47. The standard InChI is InChI=1S/C21H27N5O/c1-21(2,3)14-25-11-5-7-16(13-25)19-23-20(27)26(24-19)18-8-4-6-15-12-22-10-9-17(15)18/h4,6,8-10,12,16H,5,7,11,13-14H2,1-3H3,(H,23,24,27). The lowest BCUT2D eigenvalue weighted by Crippen LogP contribution is -2.39. The Balaban J connectivity index is 1.64. The largest absolute Gasteiger partial charge is 0.348 e. The summed E-state index contributed by atoms with van der Waals surface area (Å²) < 4.78 is 1.50. The van der Waals surface area contributed by atoms with Crippen LogP contribution in [-0.4, -0.2) is 44.3 Å². The van der Waals surface area contributed by atoms with E-state index in [0.717, 1.165) is 54.8 Å². The lowest BCUT2D eigenvalue weighted by molar-refractivity contribution is 0.148. The monoisotopic (exact) mass is 365 g/mol. The van der Waals surface area contributed by atoms with E-state index in [1.54, 1.807) is 6.20 Å². The fourth-order valence-corrected chi connectivity index (χ4v) is 4.07. The van der Waals surface area contributed by atoms with Crippen molar-refractivity contribution in [2.24, 2.45) is 5.41 Å². The molecule has 1 N–H and O–H groups in total. The molecule has 1 saturated heterocycles. The Bertz CT molecular complexity index is 992. The smallest absolute Gasteiger partial charge is 0.302 e. The maximum atomic E-state index is 12.7. The van der Waals surface area contributed by atoms with Crippen molar-refractivity contribution >= 4 is 10.8 Å². The molecule has 1 aromatic carbocycles. The summed E-state index contributed by atoms with van der Waals surface area (Å²) in [5.41, 5.74) is 0.887. The fourth-order valence-electron chi connectivity index (χ4n) is 4.07. The van der Waals surface area contributed by atoms with Crippen molar-refractivity contribution in [1.82, 2.24) is 24.6 Å². The SMILES string of the molecule is CC(C)(C)CN1CCCC(c2nn(-c3cccc4cnccc34)c(=O)[nH]2)C1. The number of aromatic amines is 1. The summed E-state index contributed by atoms with van der Waals surface area (Å²) in [6, 6.07) is 7.79. The topological polar surface area (TPSA) is 66.8 Å². The Labute approximate surface area is 159 Å². The molecule has 4 rings (SSSR count). The van der Waals surface area contributed by atoms with Crippen molar-refractivity contribution in [3.8, 4) is 5.69 Å². The molecule has 6 heteroatoms. The summed E-state index contributed by atoms with van der Waals surface area (Å²) >= 11 is 0. The number of H-pyrrole nitrogens is 1. The number of rotatable bonds is 3. The van der Waals surface area contributed by atoms with Crippen LogP contribution in [0, 0.1) is 5.41 Å². The number of aromatic nitrogens is 4. The third-order valence-corrected chi connectivity index (χ3v) is 5.11. The van der Waals surface area contributed by atoms with Gasteiger partial charge in [0.15, 0.2) is 0 Å². The summed E-state index contributed by atoms with van der Waals surface area (Å²) in [6.45, 7) is 9.93. The molecule has 0 saturated carbocycles. The molecule has 1 aliphatic heterocycles. The number of hydrogen-bond acceptors (Lipinski definition) is 4. The van der Waals surface area contributed by atoms with E-state index in [1.807, 2.05) is 30.5 Å². The maximum Gasteiger partial charge on any atom is 0.348 e. The average Bonchev–Trinajstić information content (AvgIpc) is 3.02. The first-order chi connectivity index (χ1) is 12.9. The van der Waals surface area contributed by atoms with E-state index < -0.39 is 0 Å². The summed E-state index contributed by atoms with van der Waals surface area (Å²) in [5.74, 6) is 1.07. The molecule has 0 aliphatic carbocycles. The van der Waals surface area contributed by atoms with Crippen LogP contribution in [0.5, 0.6) is 0 Å². The summed E-state index contributed by atoms with van der Waals surface area (Å²) in [5, 5.41) is 6.66. The van der Waals surface area contributed by atoms with Crippen molar-refractivity contribution in [1.29, 1.82) is 0 Å². The highest BCUT2D eigenvalue weighted by Crippen LogP contribution is 2.27. The van der Waals surface area contributed by atoms with Crippen LogP contribution < -0.4 is 5.69 Å². The first-order valence-corrected chi connectivity index (χ1v) is 9.65. The van der Waals surface area contributed by atoms with Gasteiger partial charge in [-0.25, -0.2) is 4.79 Å². The van der Waals surface area contributed by atoms with Gasteiger partial charge in [-0.1, -0.05) is 32.9 Å². The molecule has 3 aromatic rings. The van der Waals surface area contributed by atoms with E-state index in [1.165, 1.54) is 4.68 Å². The first kappa shape index (κ1) is 17.9. The zero-order valence-electron chi connectivity index (χ0n) is 16.3. The summed E-state index contributed by atoms with van der Waals surface area (Å²) in [6.07, 6.45) is 5.75. The molecule has 6 nitrogen and oxygen atoms in total. The van der Waals surface area contributed by atoms with Gasteiger partial charge in [-0.15, -0.1) is 5.10 Å². The molecule has 0 bridgehead atoms. The van der Waals surface area contributed by atoms with Gasteiger partial charge in [0.05, 0.1) is 5.69 Å². The number of fused-ring (bicyclic) bond motifs is 1. The Morgan fingerprint density at radius 2 is 2.11 bits per heavy atom. The van der Waals surface area contributed by atoms with Gasteiger partial charge >= 0.3 is 5.69 Å². The van der Waals surface area contributed by atoms with Crippen molar-refractivity contribution in [3.05, 3.63) is 53.0 Å². The molecule has 1 aliphatic rings. The molecule has 27 heavy (non-hydrogen) atoms. The number of nitrogens with zero attached hydrogens (tertiary/aromatic N) is 4. The van der Waals surface area contributed by atoms with Crippen LogP contribution in [0.1, 0.15) is 45.4 Å². The van der Waals surface area contributed by atoms with Gasteiger partial charge < -0.3 is 4.90 Å². The third kappa shape index (κ3) is 3.81. The van der Waals surface area contributed by atoms with E-state index in [9.17, 15) is 4.79 Å². The highest BCUT2D eigenvalue weighted by Gasteiger charge is 2.27. The van der Waals surface area contributed by atoms with Crippen molar-refractivity contribution in [3.63, 3.8) is 0 Å². The van der Waals surface area contributed by atoms with Crippen LogP contribution in [0.3, 0.4) is 0 Å². The normalized spacial score (nSPS) is 18.9. The Morgan fingerprint density at radius 1 is 1.26 bits per heavy atom. The van der Waals surface area contributed by atoms with Crippen LogP contribution in [0.15, 0.2) is 41.5 Å². The highest BCUT2D eigenvalue weighted by atomic mass is 16.1. The lowest BCUT2D eigenvalue weighted by Gasteiger charge is -2.35. The van der Waals surface area contributed by atoms with Crippen LogP contribution >= 0.6 is 0 Å². The molecule has 1 unspecified atom stereocenters. The number of likely N-dealkylation sites (tertiary alicyclic amines) is 1. The minimum Gasteiger partial charge on any atom is -0.302 e. The predicted octanol–water partition coefficient (Wildman–Crippen LogP) is 3.33. The van der Waals surface area contributed by atoms with Gasteiger partial charge in [-0.05, 0) is 36.9 Å². The quantitative estimate of drug-likeness (QED) is 0.773. The molecule has 3 heterocycles. The van der Waals surface area contributed by atoms with Gasteiger partial charge in [0.1, 0.15) is 5.82 Å². The van der Waals surface area contributed by atoms with Crippen molar-refractivity contribution < 1.29 is 0 Å². The van der Waals surface area contributed by atoms with Crippen LogP contribution in [0.2, 0.25) is 0 Å². The zero-order valence-corrected chi connectivity index (χ0v) is 16.3. The molecule has 2 aromatic heterocycles. The second-order valence-corrected chi connectivity index (χ2v) is 8.74. The average molecular weight is 365 g/mol. The minimum absolute atomic E-state index is 0.178. The van der Waals surface area contributed by atoms with E-state index >= 15 is 0 Å².